The number of hydrogen-bond acceptors (Lipinski definition) is 4. The van der Waals surface area contributed by atoms with Gasteiger partial charge in [-0.15, -0.1) is 0 Å². The lowest BCUT2D eigenvalue weighted by Gasteiger charge is -2.20. The number of hydrogen-bond donors (Lipinski definition) is 2. The molecule has 1 aliphatic heterocycles. The van der Waals surface area contributed by atoms with Crippen LogP contribution in [0, 0.1) is 0 Å². The Balaban J connectivity index is 1.89. The number of rotatable bonds is 17. The summed E-state index contributed by atoms with van der Waals surface area (Å²) in [5.41, 5.74) is 5.50. The first-order valence-electron chi connectivity index (χ1n) is 10.6. The molecule has 1 rings (SSSR count). The summed E-state index contributed by atoms with van der Waals surface area (Å²) in [7, 11) is 0. The number of nitrogens with zero attached hydrogens (tertiary/aromatic N) is 2. The Morgan fingerprint density at radius 1 is 0.917 bits per heavy atom. The molecule has 0 atom stereocenters. The topological polar surface area (TPSA) is 53.6 Å². The molecule has 0 saturated carbocycles. The van der Waals surface area contributed by atoms with Crippen LogP contribution >= 0.6 is 0 Å². The third kappa shape index (κ3) is 11.0. The predicted octanol–water partition coefficient (Wildman–Crippen LogP) is 3.95. The smallest absolute Gasteiger partial charge is 0.0990 e. The third-order valence-corrected chi connectivity index (χ3v) is 4.91. The molecule has 0 aliphatic carbocycles. The van der Waals surface area contributed by atoms with E-state index in [4.69, 9.17) is 5.73 Å². The molecule has 4 nitrogen and oxygen atoms in total. The Kier molecular flexibility index (Phi) is 14.2. The zero-order valence-electron chi connectivity index (χ0n) is 16.2. The number of nitrogens with one attached hydrogen (secondary N) is 1. The van der Waals surface area contributed by atoms with Gasteiger partial charge >= 0.3 is 0 Å². The molecule has 0 aromatic heterocycles. The highest BCUT2D eigenvalue weighted by atomic mass is 15.2. The highest BCUT2D eigenvalue weighted by molar-refractivity contribution is 5.83. The summed E-state index contributed by atoms with van der Waals surface area (Å²) < 4.78 is 0. The van der Waals surface area contributed by atoms with Crippen LogP contribution < -0.4 is 11.1 Å². The molecule has 0 saturated heterocycles. The molecule has 0 unspecified atom stereocenters. The maximum Gasteiger partial charge on any atom is 0.0990 e. The quantitative estimate of drug-likeness (QED) is 0.395. The molecule has 0 aromatic carbocycles. The first-order chi connectivity index (χ1) is 11.9. The van der Waals surface area contributed by atoms with Crippen LogP contribution in [-0.4, -0.2) is 50.0 Å². The van der Waals surface area contributed by atoms with Crippen LogP contribution in [0.3, 0.4) is 0 Å². The first-order valence-corrected chi connectivity index (χ1v) is 10.6. The van der Waals surface area contributed by atoms with Gasteiger partial charge in [0, 0.05) is 39.1 Å². The molecule has 0 fully saturated rings. The molecule has 1 heterocycles. The Hall–Kier alpha value is -0.610. The highest BCUT2D eigenvalue weighted by Crippen LogP contribution is 2.13. The van der Waals surface area contributed by atoms with E-state index in [2.05, 4.69) is 22.1 Å². The van der Waals surface area contributed by atoms with E-state index in [-0.39, 0.29) is 0 Å². The van der Waals surface area contributed by atoms with E-state index in [9.17, 15) is 0 Å². The summed E-state index contributed by atoms with van der Waals surface area (Å²) in [4.78, 5) is 7.15. The fourth-order valence-electron chi connectivity index (χ4n) is 3.40. The van der Waals surface area contributed by atoms with E-state index in [0.717, 1.165) is 39.3 Å². The molecule has 0 bridgehead atoms. The maximum absolute atomic E-state index is 5.50. The van der Waals surface area contributed by atoms with Gasteiger partial charge in [0.2, 0.25) is 0 Å². The number of aliphatic imine (C=N–C) groups is 1. The summed E-state index contributed by atoms with van der Waals surface area (Å²) in [6.07, 6.45) is 16.7. The first kappa shape index (κ1) is 21.4. The zero-order chi connectivity index (χ0) is 17.3. The minimum absolute atomic E-state index is 0.722. The van der Waals surface area contributed by atoms with E-state index in [1.54, 1.807) is 0 Å². The van der Waals surface area contributed by atoms with Crippen molar-refractivity contribution in [3.05, 3.63) is 0 Å². The summed E-state index contributed by atoms with van der Waals surface area (Å²) in [6, 6.07) is 0. The van der Waals surface area contributed by atoms with Crippen molar-refractivity contribution in [1.29, 1.82) is 0 Å². The van der Waals surface area contributed by atoms with Gasteiger partial charge in [-0.05, 0) is 6.42 Å². The summed E-state index contributed by atoms with van der Waals surface area (Å²) in [5, 5.41) is 3.37. The molecule has 0 spiro atoms. The van der Waals surface area contributed by atoms with Crippen LogP contribution in [0.5, 0.6) is 0 Å². The lowest BCUT2D eigenvalue weighted by Crippen LogP contribution is -2.36. The third-order valence-electron chi connectivity index (χ3n) is 4.91. The molecule has 3 N–H and O–H groups in total. The number of nitrogens with two attached hydrogens (primary N) is 1. The van der Waals surface area contributed by atoms with Gasteiger partial charge in [-0.3, -0.25) is 4.99 Å². The van der Waals surface area contributed by atoms with Gasteiger partial charge in [-0.2, -0.15) is 0 Å². The van der Waals surface area contributed by atoms with Gasteiger partial charge < -0.3 is 16.0 Å². The molecule has 1 aliphatic rings. The van der Waals surface area contributed by atoms with Crippen LogP contribution in [-0.2, 0) is 0 Å². The number of amidine groups is 1. The van der Waals surface area contributed by atoms with E-state index < -0.39 is 0 Å². The molecule has 0 amide bonds. The maximum atomic E-state index is 5.50. The SMILES string of the molecule is CCCCCCCCCCCCCC1=NCCN1CCNCCN. The van der Waals surface area contributed by atoms with Crippen LogP contribution in [0.4, 0.5) is 0 Å². The summed E-state index contributed by atoms with van der Waals surface area (Å²) >= 11 is 0. The molecular formula is C20H42N4. The van der Waals surface area contributed by atoms with E-state index in [1.165, 1.54) is 82.9 Å². The summed E-state index contributed by atoms with van der Waals surface area (Å²) in [5.74, 6) is 1.35. The molecule has 0 radical (unpaired) electrons. The number of unbranched alkanes of at least 4 members (excludes halogenated alkanes) is 10. The lowest BCUT2D eigenvalue weighted by molar-refractivity contribution is 0.435. The van der Waals surface area contributed by atoms with E-state index in [0.29, 0.717) is 0 Å². The van der Waals surface area contributed by atoms with Crippen molar-refractivity contribution in [3.63, 3.8) is 0 Å². The van der Waals surface area contributed by atoms with Crippen molar-refractivity contribution in [1.82, 2.24) is 10.2 Å². The van der Waals surface area contributed by atoms with Crippen LogP contribution in [0.15, 0.2) is 4.99 Å². The van der Waals surface area contributed by atoms with Gasteiger partial charge in [-0.25, -0.2) is 0 Å². The zero-order valence-corrected chi connectivity index (χ0v) is 16.2. The monoisotopic (exact) mass is 338 g/mol. The fraction of sp³-hybridized carbons (Fsp3) is 0.950. The second kappa shape index (κ2) is 15.9. The van der Waals surface area contributed by atoms with Crippen molar-refractivity contribution in [2.75, 3.05) is 39.3 Å². The van der Waals surface area contributed by atoms with Crippen molar-refractivity contribution in [2.24, 2.45) is 10.7 Å². The Labute approximate surface area is 150 Å². The van der Waals surface area contributed by atoms with E-state index >= 15 is 0 Å². The largest absolute Gasteiger partial charge is 0.357 e. The second-order valence-electron chi connectivity index (χ2n) is 7.11. The molecule has 142 valence electrons. The minimum atomic E-state index is 0.722. The van der Waals surface area contributed by atoms with Gasteiger partial charge in [0.1, 0.15) is 0 Å². The van der Waals surface area contributed by atoms with Gasteiger partial charge in [0.25, 0.3) is 0 Å². The van der Waals surface area contributed by atoms with Crippen molar-refractivity contribution >= 4 is 5.84 Å². The van der Waals surface area contributed by atoms with Crippen molar-refractivity contribution in [3.8, 4) is 0 Å². The average molecular weight is 339 g/mol. The molecule has 0 aromatic rings. The van der Waals surface area contributed by atoms with Gasteiger partial charge in [-0.1, -0.05) is 71.1 Å². The minimum Gasteiger partial charge on any atom is -0.357 e. The highest BCUT2D eigenvalue weighted by Gasteiger charge is 2.15. The molecule has 4 heteroatoms. The standard InChI is InChI=1S/C20H42N4/c1-2-3-4-5-6-7-8-9-10-11-12-13-20-23-17-19-24(20)18-16-22-15-14-21/h22H,2-19,21H2,1H3. The lowest BCUT2D eigenvalue weighted by atomic mass is 10.1. The van der Waals surface area contributed by atoms with Gasteiger partial charge in [0.05, 0.1) is 12.4 Å². The molecular weight excluding hydrogens is 296 g/mol. The second-order valence-corrected chi connectivity index (χ2v) is 7.11. The Morgan fingerprint density at radius 3 is 2.17 bits per heavy atom. The average Bonchev–Trinajstić information content (AvgIpc) is 3.04. The molecule has 24 heavy (non-hydrogen) atoms. The summed E-state index contributed by atoms with van der Waals surface area (Å²) in [6.45, 7) is 8.13. The van der Waals surface area contributed by atoms with Crippen LogP contribution in [0.1, 0.15) is 84.0 Å². The Bertz CT molecular complexity index is 304. The van der Waals surface area contributed by atoms with Crippen LogP contribution in [0.2, 0.25) is 0 Å². The normalized spacial score (nSPS) is 14.4. The van der Waals surface area contributed by atoms with Gasteiger partial charge in [0.15, 0.2) is 0 Å². The fourth-order valence-corrected chi connectivity index (χ4v) is 3.40. The van der Waals surface area contributed by atoms with Crippen molar-refractivity contribution in [2.45, 2.75) is 84.0 Å². The van der Waals surface area contributed by atoms with E-state index in [1.807, 2.05) is 0 Å². The predicted molar refractivity (Wildman–Crippen MR) is 107 cm³/mol. The van der Waals surface area contributed by atoms with Crippen LogP contribution in [0.25, 0.3) is 0 Å². The Morgan fingerprint density at radius 2 is 1.54 bits per heavy atom. The van der Waals surface area contributed by atoms with Crippen molar-refractivity contribution < 1.29 is 0 Å².